The molecule has 1 aromatic heterocycles. The Hall–Kier alpha value is -4.78. The molecule has 0 saturated heterocycles. The van der Waals surface area contributed by atoms with Crippen molar-refractivity contribution in [2.24, 2.45) is 5.10 Å². The second-order valence-electron chi connectivity index (χ2n) is 8.39. The van der Waals surface area contributed by atoms with Crippen LogP contribution in [0.25, 0.3) is 33.1 Å². The Kier molecular flexibility index (Phi) is 6.76. The van der Waals surface area contributed by atoms with Crippen molar-refractivity contribution < 1.29 is 14.3 Å². The number of nitrogens with zero attached hydrogens (tertiary/aromatic N) is 3. The summed E-state index contributed by atoms with van der Waals surface area (Å²) in [7, 11) is 0. The van der Waals surface area contributed by atoms with Gasteiger partial charge in [-0.2, -0.15) is 9.78 Å². The number of esters is 1. The molecule has 37 heavy (non-hydrogen) atoms. The van der Waals surface area contributed by atoms with Crippen molar-refractivity contribution in [3.05, 3.63) is 107 Å². The summed E-state index contributed by atoms with van der Waals surface area (Å²) in [5, 5.41) is 6.91. The van der Waals surface area contributed by atoms with Gasteiger partial charge in [0, 0.05) is 11.1 Å². The van der Waals surface area contributed by atoms with Crippen LogP contribution in [0.4, 0.5) is 0 Å². The lowest BCUT2D eigenvalue weighted by Crippen LogP contribution is -2.26. The van der Waals surface area contributed by atoms with Crippen LogP contribution in [0.1, 0.15) is 19.4 Å². The lowest BCUT2D eigenvalue weighted by atomic mass is 10.0. The topological polar surface area (TPSA) is 82.8 Å². The average Bonchev–Trinajstić information content (AvgIpc) is 2.93. The Labute approximate surface area is 213 Å². The molecule has 5 rings (SSSR count). The molecule has 0 bridgehead atoms. The molecule has 0 fully saturated rings. The maximum Gasteiger partial charge on any atom is 0.347 e. The van der Waals surface area contributed by atoms with Crippen molar-refractivity contribution in [3.8, 4) is 17.1 Å². The molecule has 1 atom stereocenters. The highest BCUT2D eigenvalue weighted by molar-refractivity contribution is 6.02. The Balaban J connectivity index is 1.68. The summed E-state index contributed by atoms with van der Waals surface area (Å²) in [6, 6.07) is 28.1. The molecule has 0 aliphatic carbocycles. The number of hydrogen-bond acceptors (Lipinski definition) is 6. The summed E-state index contributed by atoms with van der Waals surface area (Å²) >= 11 is 0. The van der Waals surface area contributed by atoms with Crippen LogP contribution in [0.3, 0.4) is 0 Å². The minimum Gasteiger partial charge on any atom is -0.478 e. The van der Waals surface area contributed by atoms with E-state index in [1.165, 1.54) is 4.68 Å². The summed E-state index contributed by atoms with van der Waals surface area (Å²) < 4.78 is 12.4. The molecule has 0 aliphatic rings. The first-order valence-electron chi connectivity index (χ1n) is 12.0. The fourth-order valence-corrected chi connectivity index (χ4v) is 4.13. The van der Waals surface area contributed by atoms with E-state index in [2.05, 4.69) is 5.10 Å². The van der Waals surface area contributed by atoms with Crippen LogP contribution in [-0.4, -0.2) is 34.6 Å². The summed E-state index contributed by atoms with van der Waals surface area (Å²) in [4.78, 5) is 30.5. The van der Waals surface area contributed by atoms with Crippen molar-refractivity contribution in [3.63, 3.8) is 0 Å². The lowest BCUT2D eigenvalue weighted by Gasteiger charge is -2.16. The van der Waals surface area contributed by atoms with Gasteiger partial charge in [-0.25, -0.2) is 9.78 Å². The number of hydrogen-bond donors (Lipinski definition) is 0. The molecular weight excluding hydrogens is 466 g/mol. The maximum absolute atomic E-state index is 13.5. The van der Waals surface area contributed by atoms with E-state index < -0.39 is 12.1 Å². The zero-order chi connectivity index (χ0) is 25.8. The average molecular weight is 492 g/mol. The van der Waals surface area contributed by atoms with Crippen molar-refractivity contribution in [2.75, 3.05) is 6.61 Å². The molecule has 0 saturated carbocycles. The number of aromatic nitrogens is 2. The molecule has 4 aromatic carbocycles. The predicted molar refractivity (Wildman–Crippen MR) is 145 cm³/mol. The van der Waals surface area contributed by atoms with Crippen LogP contribution in [0.5, 0.6) is 5.75 Å². The SMILES string of the molecule is CCOC(=O)[C@H](C)Oc1ccc2ccccc2c1C=Nn1c(-c2ccccc2)nc2ccccc2c1=O. The van der Waals surface area contributed by atoms with Gasteiger partial charge in [0.25, 0.3) is 5.56 Å². The third-order valence-electron chi connectivity index (χ3n) is 5.94. The molecule has 5 aromatic rings. The standard InChI is InChI=1S/C30H25N3O4/c1-3-36-30(35)20(2)37-27-18-17-21-11-7-8-14-23(21)25(27)19-31-33-28(22-12-5-4-6-13-22)32-26-16-10-9-15-24(26)29(33)34/h4-20H,3H2,1-2H3/t20-/m0/s1. The number of fused-ring (bicyclic) bond motifs is 2. The molecular formula is C30H25N3O4. The van der Waals surface area contributed by atoms with E-state index in [0.717, 1.165) is 16.3 Å². The number of para-hydroxylation sites is 1. The largest absolute Gasteiger partial charge is 0.478 e. The van der Waals surface area contributed by atoms with E-state index in [9.17, 15) is 9.59 Å². The van der Waals surface area contributed by atoms with Crippen molar-refractivity contribution in [1.29, 1.82) is 0 Å². The minimum atomic E-state index is -0.821. The van der Waals surface area contributed by atoms with Gasteiger partial charge in [0.1, 0.15) is 5.75 Å². The number of ether oxygens (including phenoxy) is 2. The van der Waals surface area contributed by atoms with E-state index in [0.29, 0.717) is 28.0 Å². The van der Waals surface area contributed by atoms with E-state index >= 15 is 0 Å². The number of carbonyl (C=O) groups excluding carboxylic acids is 1. The molecule has 0 unspecified atom stereocenters. The second kappa shape index (κ2) is 10.5. The van der Waals surface area contributed by atoms with Crippen molar-refractivity contribution in [1.82, 2.24) is 9.66 Å². The van der Waals surface area contributed by atoms with E-state index in [4.69, 9.17) is 14.5 Å². The summed E-state index contributed by atoms with van der Waals surface area (Å²) in [6.07, 6.45) is 0.762. The zero-order valence-corrected chi connectivity index (χ0v) is 20.5. The predicted octanol–water partition coefficient (Wildman–Crippen LogP) is 5.43. The monoisotopic (exact) mass is 491 g/mol. The Bertz CT molecular complexity index is 1680. The Morgan fingerprint density at radius 3 is 2.43 bits per heavy atom. The van der Waals surface area contributed by atoms with Gasteiger partial charge in [-0.05, 0) is 42.8 Å². The van der Waals surface area contributed by atoms with Gasteiger partial charge in [0.05, 0.1) is 23.7 Å². The Morgan fingerprint density at radius 2 is 1.65 bits per heavy atom. The van der Waals surface area contributed by atoms with E-state index in [1.807, 2.05) is 72.8 Å². The van der Waals surface area contributed by atoms with Crippen LogP contribution in [-0.2, 0) is 9.53 Å². The van der Waals surface area contributed by atoms with Gasteiger partial charge in [0.2, 0.25) is 0 Å². The highest BCUT2D eigenvalue weighted by Crippen LogP contribution is 2.28. The molecule has 0 amide bonds. The highest BCUT2D eigenvalue weighted by atomic mass is 16.6. The first-order valence-corrected chi connectivity index (χ1v) is 12.0. The van der Waals surface area contributed by atoms with Crippen LogP contribution < -0.4 is 10.3 Å². The van der Waals surface area contributed by atoms with Gasteiger partial charge in [-0.1, -0.05) is 72.8 Å². The van der Waals surface area contributed by atoms with E-state index in [1.54, 1.807) is 38.3 Å². The summed E-state index contributed by atoms with van der Waals surface area (Å²) in [6.45, 7) is 3.65. The van der Waals surface area contributed by atoms with Gasteiger partial charge in [-0.15, -0.1) is 0 Å². The van der Waals surface area contributed by atoms with Gasteiger partial charge < -0.3 is 9.47 Å². The van der Waals surface area contributed by atoms with E-state index in [-0.39, 0.29) is 12.2 Å². The lowest BCUT2D eigenvalue weighted by molar-refractivity contribution is -0.150. The molecule has 184 valence electrons. The van der Waals surface area contributed by atoms with Gasteiger partial charge >= 0.3 is 5.97 Å². The fraction of sp³-hybridized carbons (Fsp3) is 0.133. The third kappa shape index (κ3) is 4.84. The molecule has 0 spiro atoms. The first kappa shape index (κ1) is 23.9. The smallest absolute Gasteiger partial charge is 0.347 e. The quantitative estimate of drug-likeness (QED) is 0.224. The number of benzene rings is 4. The van der Waals surface area contributed by atoms with Crippen molar-refractivity contribution >= 4 is 33.9 Å². The highest BCUT2D eigenvalue weighted by Gasteiger charge is 2.19. The van der Waals surface area contributed by atoms with Crippen LogP contribution in [0.15, 0.2) is 101 Å². The van der Waals surface area contributed by atoms with Gasteiger partial charge in [-0.3, -0.25) is 4.79 Å². The molecule has 7 heteroatoms. The molecule has 7 nitrogen and oxygen atoms in total. The number of carbonyl (C=O) groups is 1. The molecule has 0 aliphatic heterocycles. The molecule has 0 radical (unpaired) electrons. The maximum atomic E-state index is 13.5. The first-order chi connectivity index (χ1) is 18.1. The molecule has 0 N–H and O–H groups in total. The normalized spacial score (nSPS) is 12.2. The molecule has 1 heterocycles. The number of rotatable bonds is 7. The second-order valence-corrected chi connectivity index (χ2v) is 8.39. The van der Waals surface area contributed by atoms with Crippen LogP contribution in [0, 0.1) is 0 Å². The minimum absolute atomic E-state index is 0.263. The van der Waals surface area contributed by atoms with Crippen molar-refractivity contribution in [2.45, 2.75) is 20.0 Å². The zero-order valence-electron chi connectivity index (χ0n) is 20.5. The fourth-order valence-electron chi connectivity index (χ4n) is 4.13. The summed E-state index contributed by atoms with van der Waals surface area (Å²) in [5.41, 5.74) is 1.69. The van der Waals surface area contributed by atoms with Crippen LogP contribution in [0.2, 0.25) is 0 Å². The van der Waals surface area contributed by atoms with Crippen LogP contribution >= 0.6 is 0 Å². The van der Waals surface area contributed by atoms with Gasteiger partial charge in [0.15, 0.2) is 11.9 Å². The Morgan fingerprint density at radius 1 is 0.946 bits per heavy atom. The summed E-state index contributed by atoms with van der Waals surface area (Å²) in [5.74, 6) is 0.411. The third-order valence-corrected chi connectivity index (χ3v) is 5.94.